The summed E-state index contributed by atoms with van der Waals surface area (Å²) < 4.78 is 0. The van der Waals surface area contributed by atoms with Crippen LogP contribution in [0.25, 0.3) is 0 Å². The molecule has 2 heteroatoms. The molecular formula is C16H24N2. The molecule has 18 heavy (non-hydrogen) atoms. The van der Waals surface area contributed by atoms with Crippen LogP contribution < -0.4 is 10.6 Å². The van der Waals surface area contributed by atoms with E-state index in [-0.39, 0.29) is 0 Å². The van der Waals surface area contributed by atoms with Gasteiger partial charge in [0.25, 0.3) is 0 Å². The molecule has 98 valence electrons. The van der Waals surface area contributed by atoms with Crippen molar-refractivity contribution in [3.63, 3.8) is 0 Å². The molecule has 2 aliphatic carbocycles. The van der Waals surface area contributed by atoms with Gasteiger partial charge in [0.1, 0.15) is 0 Å². The summed E-state index contributed by atoms with van der Waals surface area (Å²) in [6.45, 7) is 3.37. The van der Waals surface area contributed by atoms with Crippen LogP contribution in [0, 0.1) is 24.7 Å². The Morgan fingerprint density at radius 3 is 2.78 bits per heavy atom. The molecule has 2 saturated carbocycles. The minimum absolute atomic E-state index is 0.871. The maximum atomic E-state index is 5.91. The maximum absolute atomic E-state index is 5.91. The lowest BCUT2D eigenvalue weighted by atomic mass is 9.88. The second-order valence-electron chi connectivity index (χ2n) is 6.36. The molecule has 0 spiro atoms. The van der Waals surface area contributed by atoms with Crippen molar-refractivity contribution in [1.29, 1.82) is 0 Å². The van der Waals surface area contributed by atoms with Crippen LogP contribution in [0.2, 0.25) is 0 Å². The zero-order chi connectivity index (χ0) is 12.7. The second-order valence-corrected chi connectivity index (χ2v) is 6.36. The summed E-state index contributed by atoms with van der Waals surface area (Å²) in [7, 11) is 2.22. The molecule has 3 atom stereocenters. The van der Waals surface area contributed by atoms with Crippen molar-refractivity contribution >= 4 is 11.4 Å². The van der Waals surface area contributed by atoms with Crippen molar-refractivity contribution in [2.45, 2.75) is 32.6 Å². The molecule has 0 saturated heterocycles. The van der Waals surface area contributed by atoms with E-state index in [1.165, 1.54) is 43.5 Å². The maximum Gasteiger partial charge on any atom is 0.0414 e. The molecule has 2 aliphatic rings. The van der Waals surface area contributed by atoms with Crippen molar-refractivity contribution in [2.24, 2.45) is 17.8 Å². The molecule has 3 rings (SSSR count). The highest BCUT2D eigenvalue weighted by molar-refractivity contribution is 5.60. The van der Waals surface area contributed by atoms with E-state index >= 15 is 0 Å². The molecule has 2 bridgehead atoms. The van der Waals surface area contributed by atoms with Crippen LogP contribution in [0.1, 0.15) is 31.2 Å². The van der Waals surface area contributed by atoms with Gasteiger partial charge in [-0.1, -0.05) is 12.5 Å². The first kappa shape index (κ1) is 11.9. The van der Waals surface area contributed by atoms with Gasteiger partial charge in [0, 0.05) is 25.0 Å². The lowest BCUT2D eigenvalue weighted by Crippen LogP contribution is -2.29. The number of nitrogen functional groups attached to an aromatic ring is 1. The van der Waals surface area contributed by atoms with E-state index in [0.29, 0.717) is 0 Å². The summed E-state index contributed by atoms with van der Waals surface area (Å²) >= 11 is 0. The Hall–Kier alpha value is -1.18. The Morgan fingerprint density at radius 1 is 1.28 bits per heavy atom. The van der Waals surface area contributed by atoms with E-state index in [9.17, 15) is 0 Å². The predicted molar refractivity (Wildman–Crippen MR) is 77.8 cm³/mol. The van der Waals surface area contributed by atoms with E-state index in [1.54, 1.807) is 0 Å². The number of hydrogen-bond donors (Lipinski definition) is 1. The summed E-state index contributed by atoms with van der Waals surface area (Å²) in [6, 6.07) is 6.23. The molecule has 0 aromatic heterocycles. The molecule has 0 aliphatic heterocycles. The van der Waals surface area contributed by atoms with Gasteiger partial charge in [-0.25, -0.2) is 0 Å². The van der Waals surface area contributed by atoms with Gasteiger partial charge in [-0.2, -0.15) is 0 Å². The number of hydrogen-bond acceptors (Lipinski definition) is 2. The number of fused-ring (bicyclic) bond motifs is 2. The highest BCUT2D eigenvalue weighted by atomic mass is 15.1. The fourth-order valence-electron chi connectivity index (χ4n) is 4.09. The third-order valence-electron chi connectivity index (χ3n) is 5.04. The van der Waals surface area contributed by atoms with Crippen molar-refractivity contribution in [2.75, 3.05) is 24.2 Å². The Labute approximate surface area is 110 Å². The van der Waals surface area contributed by atoms with Gasteiger partial charge in [0.05, 0.1) is 0 Å². The molecule has 1 aromatic carbocycles. The predicted octanol–water partition coefficient (Wildman–Crippen LogP) is 3.45. The van der Waals surface area contributed by atoms with Gasteiger partial charge >= 0.3 is 0 Å². The summed E-state index contributed by atoms with van der Waals surface area (Å²) in [5.41, 5.74) is 9.41. The van der Waals surface area contributed by atoms with Gasteiger partial charge in [-0.3, -0.25) is 0 Å². The van der Waals surface area contributed by atoms with Crippen LogP contribution in [0.5, 0.6) is 0 Å². The second kappa shape index (κ2) is 4.49. The quantitative estimate of drug-likeness (QED) is 0.825. The van der Waals surface area contributed by atoms with Gasteiger partial charge in [-0.15, -0.1) is 0 Å². The third kappa shape index (κ3) is 2.09. The van der Waals surface area contributed by atoms with Crippen LogP contribution in [-0.2, 0) is 0 Å². The molecule has 2 N–H and O–H groups in total. The van der Waals surface area contributed by atoms with Crippen molar-refractivity contribution in [3.05, 3.63) is 23.8 Å². The van der Waals surface area contributed by atoms with Crippen LogP contribution in [-0.4, -0.2) is 13.6 Å². The lowest BCUT2D eigenvalue weighted by Gasteiger charge is -2.29. The normalized spacial score (nSPS) is 29.8. The zero-order valence-corrected chi connectivity index (χ0v) is 11.5. The summed E-state index contributed by atoms with van der Waals surface area (Å²) in [5, 5.41) is 0. The van der Waals surface area contributed by atoms with E-state index in [2.05, 4.69) is 31.0 Å². The average molecular weight is 244 g/mol. The number of benzene rings is 1. The van der Waals surface area contributed by atoms with Crippen molar-refractivity contribution in [3.8, 4) is 0 Å². The Balaban J connectivity index is 1.71. The first-order valence-electron chi connectivity index (χ1n) is 7.20. The minimum atomic E-state index is 0.871. The van der Waals surface area contributed by atoms with E-state index in [1.807, 2.05) is 6.07 Å². The highest BCUT2D eigenvalue weighted by Gasteiger charge is 2.39. The van der Waals surface area contributed by atoms with Crippen LogP contribution in [0.4, 0.5) is 11.4 Å². The molecule has 1 aromatic rings. The summed E-state index contributed by atoms with van der Waals surface area (Å²) in [4.78, 5) is 2.41. The number of anilines is 2. The molecule has 0 amide bonds. The van der Waals surface area contributed by atoms with Gasteiger partial charge in [0.15, 0.2) is 0 Å². The van der Waals surface area contributed by atoms with Gasteiger partial charge in [-0.05, 0) is 61.6 Å². The van der Waals surface area contributed by atoms with E-state index in [4.69, 9.17) is 5.73 Å². The van der Waals surface area contributed by atoms with E-state index in [0.717, 1.165) is 23.4 Å². The average Bonchev–Trinajstić information content (AvgIpc) is 2.94. The number of nitrogens with zero attached hydrogens (tertiary/aromatic N) is 1. The number of rotatable bonds is 3. The number of nitrogens with two attached hydrogens (primary N) is 1. The van der Waals surface area contributed by atoms with Crippen molar-refractivity contribution < 1.29 is 0 Å². The fraction of sp³-hybridized carbons (Fsp3) is 0.625. The molecular weight excluding hydrogens is 220 g/mol. The first-order chi connectivity index (χ1) is 8.63. The molecule has 0 radical (unpaired) electrons. The number of aryl methyl sites for hydroxylation is 1. The van der Waals surface area contributed by atoms with Crippen LogP contribution >= 0.6 is 0 Å². The zero-order valence-electron chi connectivity index (χ0n) is 11.5. The SMILES string of the molecule is Cc1ccc(N)cc1N(C)CC1CC2CCC1C2. The van der Waals surface area contributed by atoms with Crippen molar-refractivity contribution in [1.82, 2.24) is 0 Å². The van der Waals surface area contributed by atoms with Crippen LogP contribution in [0.15, 0.2) is 18.2 Å². The lowest BCUT2D eigenvalue weighted by molar-refractivity contribution is 0.337. The standard InChI is InChI=1S/C16H24N2/c1-11-3-6-15(17)9-16(11)18(2)10-14-8-12-4-5-13(14)7-12/h3,6,9,12-14H,4-5,7-8,10,17H2,1-2H3. The topological polar surface area (TPSA) is 29.3 Å². The fourth-order valence-corrected chi connectivity index (χ4v) is 4.09. The monoisotopic (exact) mass is 244 g/mol. The Bertz CT molecular complexity index is 441. The first-order valence-corrected chi connectivity index (χ1v) is 7.20. The largest absolute Gasteiger partial charge is 0.399 e. The van der Waals surface area contributed by atoms with E-state index < -0.39 is 0 Å². The third-order valence-corrected chi connectivity index (χ3v) is 5.04. The Kier molecular flexibility index (Phi) is 2.96. The summed E-state index contributed by atoms with van der Waals surface area (Å²) in [6.07, 6.45) is 5.91. The van der Waals surface area contributed by atoms with Gasteiger partial charge < -0.3 is 10.6 Å². The smallest absolute Gasteiger partial charge is 0.0414 e. The van der Waals surface area contributed by atoms with Gasteiger partial charge in [0.2, 0.25) is 0 Å². The molecule has 2 fully saturated rings. The highest BCUT2D eigenvalue weighted by Crippen LogP contribution is 2.48. The summed E-state index contributed by atoms with van der Waals surface area (Å²) in [5.74, 6) is 2.95. The molecule has 3 unspecified atom stereocenters. The van der Waals surface area contributed by atoms with Crippen LogP contribution in [0.3, 0.4) is 0 Å². The molecule has 0 heterocycles. The Morgan fingerprint density at radius 2 is 2.11 bits per heavy atom. The molecule has 2 nitrogen and oxygen atoms in total. The minimum Gasteiger partial charge on any atom is -0.399 e.